The number of nitrogens with zero attached hydrogens (tertiary/aromatic N) is 2. The molecule has 1 aromatic heterocycles. The Morgan fingerprint density at radius 3 is 2.58 bits per heavy atom. The third-order valence-electron chi connectivity index (χ3n) is 1.35. The van der Waals surface area contributed by atoms with Crippen LogP contribution >= 0.6 is 0 Å². The molecule has 0 saturated carbocycles. The summed E-state index contributed by atoms with van der Waals surface area (Å²) in [6.07, 6.45) is 0. The number of halogens is 1. The van der Waals surface area contributed by atoms with Crippen LogP contribution in [0.25, 0.3) is 0 Å². The van der Waals surface area contributed by atoms with E-state index in [1.165, 1.54) is 6.92 Å². The summed E-state index contributed by atoms with van der Waals surface area (Å²) in [7, 11) is 0. The Morgan fingerprint density at radius 1 is 1.58 bits per heavy atom. The van der Waals surface area contributed by atoms with Crippen molar-refractivity contribution in [3.8, 4) is 0 Å². The summed E-state index contributed by atoms with van der Waals surface area (Å²) in [5, 5.41) is 20.8. The van der Waals surface area contributed by atoms with Crippen molar-refractivity contribution < 1.29 is 14.0 Å². The van der Waals surface area contributed by atoms with E-state index < -0.39 is 16.6 Å². The van der Waals surface area contributed by atoms with Crippen LogP contribution in [-0.4, -0.2) is 4.92 Å². The molecule has 0 aliphatic heterocycles. The molecular weight excluding hydrogens is 167 g/mol. The summed E-state index contributed by atoms with van der Waals surface area (Å²) in [5.74, 6) is -1.17. The highest BCUT2D eigenvalue weighted by molar-refractivity contribution is 5.27. The van der Waals surface area contributed by atoms with Crippen LogP contribution in [0.4, 0.5) is 10.1 Å². The molecule has 0 aliphatic carbocycles. The highest BCUT2D eigenvalue weighted by Gasteiger charge is 2.16. The quantitative estimate of drug-likeness (QED) is 0.205. The molecule has 0 bridgehead atoms. The molecule has 0 N–H and O–H groups in total. The molecular formula is C6H5FN2O3. The number of hydrogen-bond donors (Lipinski definition) is 0. The summed E-state index contributed by atoms with van der Waals surface area (Å²) >= 11 is 0. The zero-order chi connectivity index (χ0) is 9.30. The maximum atomic E-state index is 12.5. The van der Waals surface area contributed by atoms with Crippen molar-refractivity contribution in [3.05, 3.63) is 39.1 Å². The number of aryl methyl sites for hydroxylation is 1. The molecule has 5 nitrogen and oxygen atoms in total. The molecule has 1 rings (SSSR count). The molecule has 64 valence electrons. The number of pyridine rings is 1. The average molecular weight is 172 g/mol. The van der Waals surface area contributed by atoms with Crippen LogP contribution in [0, 0.1) is 28.2 Å². The first-order valence-electron chi connectivity index (χ1n) is 3.06. The molecule has 0 unspecified atom stereocenters. The molecule has 0 aromatic carbocycles. The summed E-state index contributed by atoms with van der Waals surface area (Å²) in [5.41, 5.74) is -0.459. The van der Waals surface area contributed by atoms with E-state index in [1.54, 1.807) is 0 Å². The normalized spacial score (nSPS) is 9.83. The predicted octanol–water partition coefficient (Wildman–Crippen LogP) is 0.676. The first kappa shape index (κ1) is 8.38. The highest BCUT2D eigenvalue weighted by Crippen LogP contribution is 2.10. The van der Waals surface area contributed by atoms with Crippen molar-refractivity contribution >= 4 is 5.69 Å². The molecule has 0 amide bonds. The van der Waals surface area contributed by atoms with Gasteiger partial charge in [-0.2, -0.15) is 0 Å². The number of rotatable bonds is 1. The second kappa shape index (κ2) is 2.72. The van der Waals surface area contributed by atoms with Gasteiger partial charge in [-0.15, -0.1) is 9.12 Å². The lowest BCUT2D eigenvalue weighted by molar-refractivity contribution is -0.644. The van der Waals surface area contributed by atoms with Crippen molar-refractivity contribution in [2.24, 2.45) is 0 Å². The summed E-state index contributed by atoms with van der Waals surface area (Å²) < 4.78 is 12.5. The van der Waals surface area contributed by atoms with Crippen molar-refractivity contribution in [1.29, 1.82) is 0 Å². The molecule has 0 fully saturated rings. The van der Waals surface area contributed by atoms with Gasteiger partial charge in [-0.25, -0.2) is 0 Å². The smallest absolute Gasteiger partial charge is 0.378 e. The van der Waals surface area contributed by atoms with Gasteiger partial charge in [-0.05, 0) is 0 Å². The average Bonchev–Trinajstić information content (AvgIpc) is 1.99. The number of nitro groups is 1. The summed E-state index contributed by atoms with van der Waals surface area (Å²) in [6, 6.07) is 1.59. The van der Waals surface area contributed by atoms with E-state index in [2.05, 4.69) is 0 Å². The summed E-state index contributed by atoms with van der Waals surface area (Å²) in [4.78, 5) is 9.39. The first-order valence-corrected chi connectivity index (χ1v) is 3.06. The van der Waals surface area contributed by atoms with Crippen LogP contribution < -0.4 is 4.73 Å². The van der Waals surface area contributed by atoms with Crippen LogP contribution in [-0.2, 0) is 0 Å². The van der Waals surface area contributed by atoms with Gasteiger partial charge in [0.2, 0.25) is 0 Å². The Bertz CT molecular complexity index is 317. The van der Waals surface area contributed by atoms with Gasteiger partial charge in [0, 0.05) is 6.92 Å². The van der Waals surface area contributed by atoms with Crippen LogP contribution in [0.15, 0.2) is 12.1 Å². The maximum absolute atomic E-state index is 12.5. The third-order valence-corrected chi connectivity index (χ3v) is 1.35. The Labute approximate surface area is 66.8 Å². The Kier molecular flexibility index (Phi) is 1.90. The first-order chi connectivity index (χ1) is 5.52. The standard InChI is InChI=1S/C6H5FN2O3/c1-4-2-5(9(11)12)3-6(7)8(4)10/h2-3H,1H3. The SMILES string of the molecule is Cc1cc([N+](=O)[O-])cc(F)[n+]1[O-]. The van der Waals surface area contributed by atoms with E-state index in [9.17, 15) is 19.7 Å². The molecule has 1 aromatic rings. The molecule has 0 spiro atoms. The maximum Gasteiger partial charge on any atom is 0.378 e. The zero-order valence-corrected chi connectivity index (χ0v) is 6.15. The molecule has 0 aliphatic rings. The predicted molar refractivity (Wildman–Crippen MR) is 36.8 cm³/mol. The van der Waals surface area contributed by atoms with Crippen molar-refractivity contribution in [3.63, 3.8) is 0 Å². The zero-order valence-electron chi connectivity index (χ0n) is 6.15. The largest absolute Gasteiger partial charge is 0.616 e. The fraction of sp³-hybridized carbons (Fsp3) is 0.167. The Balaban J connectivity index is 3.31. The second-order valence-corrected chi connectivity index (χ2v) is 2.23. The minimum Gasteiger partial charge on any atom is -0.616 e. The second-order valence-electron chi connectivity index (χ2n) is 2.23. The van der Waals surface area contributed by atoms with E-state index in [0.717, 1.165) is 6.07 Å². The minimum absolute atomic E-state index is 0.00694. The lowest BCUT2D eigenvalue weighted by Gasteiger charge is -1.99. The molecule has 0 atom stereocenters. The van der Waals surface area contributed by atoms with Gasteiger partial charge in [-0.1, -0.05) is 0 Å². The summed E-state index contributed by atoms with van der Waals surface area (Å²) in [6.45, 7) is 1.29. The van der Waals surface area contributed by atoms with Crippen LogP contribution in [0.2, 0.25) is 0 Å². The van der Waals surface area contributed by atoms with Gasteiger partial charge in [0.25, 0.3) is 5.69 Å². The minimum atomic E-state index is -1.17. The van der Waals surface area contributed by atoms with Gasteiger partial charge in [-0.3, -0.25) is 10.1 Å². The fourth-order valence-corrected chi connectivity index (χ4v) is 0.769. The monoisotopic (exact) mass is 172 g/mol. The van der Waals surface area contributed by atoms with E-state index >= 15 is 0 Å². The molecule has 12 heavy (non-hydrogen) atoms. The van der Waals surface area contributed by atoms with Crippen LogP contribution in [0.3, 0.4) is 0 Å². The number of aromatic nitrogens is 1. The number of hydrogen-bond acceptors (Lipinski definition) is 3. The van der Waals surface area contributed by atoms with Gasteiger partial charge >= 0.3 is 5.95 Å². The molecule has 0 radical (unpaired) electrons. The molecule has 0 saturated heterocycles. The van der Waals surface area contributed by atoms with Gasteiger partial charge in [0.1, 0.15) is 6.07 Å². The lowest BCUT2D eigenvalue weighted by atomic mass is 10.3. The topological polar surface area (TPSA) is 70.1 Å². The highest BCUT2D eigenvalue weighted by atomic mass is 19.1. The Hall–Kier alpha value is -1.72. The lowest BCUT2D eigenvalue weighted by Crippen LogP contribution is -2.34. The Morgan fingerprint density at radius 2 is 2.17 bits per heavy atom. The van der Waals surface area contributed by atoms with Crippen molar-refractivity contribution in [2.45, 2.75) is 6.92 Å². The van der Waals surface area contributed by atoms with E-state index in [1.807, 2.05) is 0 Å². The van der Waals surface area contributed by atoms with Crippen LogP contribution in [0.1, 0.15) is 5.69 Å². The van der Waals surface area contributed by atoms with Gasteiger partial charge in [0.15, 0.2) is 5.69 Å². The fourth-order valence-electron chi connectivity index (χ4n) is 0.769. The van der Waals surface area contributed by atoms with Crippen molar-refractivity contribution in [1.82, 2.24) is 0 Å². The van der Waals surface area contributed by atoms with E-state index in [0.29, 0.717) is 6.07 Å². The van der Waals surface area contributed by atoms with E-state index in [4.69, 9.17) is 0 Å². The third kappa shape index (κ3) is 1.31. The molecule has 6 heteroatoms. The molecule has 1 heterocycles. The van der Waals surface area contributed by atoms with Gasteiger partial charge < -0.3 is 5.21 Å². The van der Waals surface area contributed by atoms with E-state index in [-0.39, 0.29) is 10.4 Å². The van der Waals surface area contributed by atoms with Crippen LogP contribution in [0.5, 0.6) is 0 Å². The van der Waals surface area contributed by atoms with Gasteiger partial charge in [0.05, 0.1) is 11.0 Å². The van der Waals surface area contributed by atoms with Crippen molar-refractivity contribution in [2.75, 3.05) is 0 Å².